The molecule has 2 aliphatic rings. The first-order valence-corrected chi connectivity index (χ1v) is 9.86. The van der Waals surface area contributed by atoms with Crippen molar-refractivity contribution in [1.82, 2.24) is 13.5 Å². The van der Waals surface area contributed by atoms with E-state index >= 15 is 0 Å². The SMILES string of the molecule is CC(C)(C)OC(=O)N1CCN(S(=O)(=O)N2CCCC(C(=O)O)C2)CC1. The summed E-state index contributed by atoms with van der Waals surface area (Å²) in [6.45, 7) is 6.53. The molecule has 1 amide bonds. The molecule has 2 heterocycles. The molecule has 0 aliphatic carbocycles. The van der Waals surface area contributed by atoms with E-state index in [0.717, 1.165) is 0 Å². The lowest BCUT2D eigenvalue weighted by Crippen LogP contribution is -2.56. The Morgan fingerprint density at radius 1 is 1.04 bits per heavy atom. The van der Waals surface area contributed by atoms with Crippen molar-refractivity contribution in [3.63, 3.8) is 0 Å². The molecule has 2 aliphatic heterocycles. The van der Waals surface area contributed by atoms with E-state index in [-0.39, 0.29) is 32.7 Å². The fraction of sp³-hybridized carbons (Fsp3) is 0.867. The molecule has 10 heteroatoms. The number of rotatable bonds is 3. The highest BCUT2D eigenvalue weighted by Crippen LogP contribution is 2.22. The number of hydrogen-bond donors (Lipinski definition) is 1. The highest BCUT2D eigenvalue weighted by molar-refractivity contribution is 7.86. The van der Waals surface area contributed by atoms with E-state index in [1.54, 1.807) is 20.8 Å². The minimum atomic E-state index is -3.71. The Balaban J connectivity index is 1.95. The van der Waals surface area contributed by atoms with Crippen molar-refractivity contribution in [2.24, 2.45) is 5.92 Å². The summed E-state index contributed by atoms with van der Waals surface area (Å²) in [5.74, 6) is -1.62. The third kappa shape index (κ3) is 5.05. The Bertz CT molecular complexity index is 607. The molecule has 2 saturated heterocycles. The Kier molecular flexibility index (Phi) is 5.95. The summed E-state index contributed by atoms with van der Waals surface area (Å²) < 4.78 is 33.3. The van der Waals surface area contributed by atoms with Gasteiger partial charge < -0.3 is 14.7 Å². The summed E-state index contributed by atoms with van der Waals surface area (Å²) >= 11 is 0. The average molecular weight is 377 g/mol. The zero-order valence-electron chi connectivity index (χ0n) is 15.0. The van der Waals surface area contributed by atoms with Gasteiger partial charge in [-0.25, -0.2) is 4.79 Å². The third-order valence-electron chi connectivity index (χ3n) is 4.28. The van der Waals surface area contributed by atoms with Crippen LogP contribution in [0.25, 0.3) is 0 Å². The third-order valence-corrected chi connectivity index (χ3v) is 6.28. The number of aliphatic carboxylic acids is 1. The fourth-order valence-corrected chi connectivity index (χ4v) is 4.62. The Morgan fingerprint density at radius 3 is 2.16 bits per heavy atom. The van der Waals surface area contributed by atoms with Crippen LogP contribution in [0.3, 0.4) is 0 Å². The number of carbonyl (C=O) groups is 2. The van der Waals surface area contributed by atoms with Gasteiger partial charge in [-0.3, -0.25) is 4.79 Å². The predicted molar refractivity (Wildman–Crippen MR) is 90.2 cm³/mol. The van der Waals surface area contributed by atoms with Crippen LogP contribution >= 0.6 is 0 Å². The molecule has 25 heavy (non-hydrogen) atoms. The van der Waals surface area contributed by atoms with Gasteiger partial charge in [0.25, 0.3) is 10.2 Å². The van der Waals surface area contributed by atoms with Crippen LogP contribution in [0.5, 0.6) is 0 Å². The lowest BCUT2D eigenvalue weighted by atomic mass is 10.0. The van der Waals surface area contributed by atoms with Crippen LogP contribution in [0.1, 0.15) is 33.6 Å². The molecular weight excluding hydrogens is 350 g/mol. The summed E-state index contributed by atoms with van der Waals surface area (Å²) in [4.78, 5) is 24.7. The molecule has 1 N–H and O–H groups in total. The normalized spacial score (nSPS) is 24.1. The smallest absolute Gasteiger partial charge is 0.410 e. The van der Waals surface area contributed by atoms with Gasteiger partial charge in [-0.15, -0.1) is 0 Å². The van der Waals surface area contributed by atoms with Gasteiger partial charge in [-0.2, -0.15) is 17.0 Å². The standard InChI is InChI=1S/C15H27N3O6S/c1-15(2,3)24-14(21)16-7-9-17(10-8-16)25(22,23)18-6-4-5-12(11-18)13(19)20/h12H,4-11H2,1-3H3,(H,19,20). The monoisotopic (exact) mass is 377 g/mol. The summed E-state index contributed by atoms with van der Waals surface area (Å²) in [5, 5.41) is 9.13. The first-order valence-electron chi connectivity index (χ1n) is 8.46. The minimum Gasteiger partial charge on any atom is -0.481 e. The van der Waals surface area contributed by atoms with E-state index in [0.29, 0.717) is 19.4 Å². The molecular formula is C15H27N3O6S. The predicted octanol–water partition coefficient (Wildman–Crippen LogP) is 0.581. The summed E-state index contributed by atoms with van der Waals surface area (Å²) in [6, 6.07) is 0. The van der Waals surface area contributed by atoms with Gasteiger partial charge in [-0.05, 0) is 33.6 Å². The summed E-state index contributed by atoms with van der Waals surface area (Å²) in [5.41, 5.74) is -0.597. The second-order valence-corrected chi connectivity index (χ2v) is 9.34. The topological polar surface area (TPSA) is 107 Å². The Hall–Kier alpha value is -1.39. The molecule has 144 valence electrons. The van der Waals surface area contributed by atoms with Crippen molar-refractivity contribution in [3.05, 3.63) is 0 Å². The lowest BCUT2D eigenvalue weighted by Gasteiger charge is -2.38. The van der Waals surface area contributed by atoms with Crippen LogP contribution < -0.4 is 0 Å². The zero-order valence-corrected chi connectivity index (χ0v) is 15.8. The van der Waals surface area contributed by atoms with Gasteiger partial charge >= 0.3 is 12.1 Å². The van der Waals surface area contributed by atoms with E-state index in [4.69, 9.17) is 9.84 Å². The highest BCUT2D eigenvalue weighted by Gasteiger charge is 2.38. The molecule has 2 fully saturated rings. The maximum atomic E-state index is 12.7. The van der Waals surface area contributed by atoms with Crippen LogP contribution in [-0.2, 0) is 19.7 Å². The molecule has 0 aromatic heterocycles. The van der Waals surface area contributed by atoms with Crippen LogP contribution in [0, 0.1) is 5.92 Å². The lowest BCUT2D eigenvalue weighted by molar-refractivity contribution is -0.142. The van der Waals surface area contributed by atoms with Crippen LogP contribution in [0.4, 0.5) is 4.79 Å². The van der Waals surface area contributed by atoms with E-state index < -0.39 is 33.8 Å². The molecule has 9 nitrogen and oxygen atoms in total. The maximum absolute atomic E-state index is 12.7. The number of carboxylic acids is 1. The van der Waals surface area contributed by atoms with Crippen LogP contribution in [-0.4, -0.2) is 84.0 Å². The van der Waals surface area contributed by atoms with E-state index in [1.165, 1.54) is 13.5 Å². The zero-order chi connectivity index (χ0) is 18.8. The summed E-state index contributed by atoms with van der Waals surface area (Å²) in [6.07, 6.45) is 0.579. The number of nitrogens with zero attached hydrogens (tertiary/aromatic N) is 3. The summed E-state index contributed by atoms with van der Waals surface area (Å²) in [7, 11) is -3.71. The van der Waals surface area contributed by atoms with Crippen molar-refractivity contribution in [2.45, 2.75) is 39.2 Å². The molecule has 2 rings (SSSR count). The highest BCUT2D eigenvalue weighted by atomic mass is 32.2. The van der Waals surface area contributed by atoms with Crippen molar-refractivity contribution < 1.29 is 27.9 Å². The van der Waals surface area contributed by atoms with Crippen LogP contribution in [0.2, 0.25) is 0 Å². The molecule has 0 aromatic carbocycles. The number of hydrogen-bond acceptors (Lipinski definition) is 5. The molecule has 0 radical (unpaired) electrons. The van der Waals surface area contributed by atoms with Crippen molar-refractivity contribution in [2.75, 3.05) is 39.3 Å². The molecule has 0 aromatic rings. The Labute approximate surface area is 148 Å². The van der Waals surface area contributed by atoms with Gasteiger partial charge in [0.1, 0.15) is 5.60 Å². The van der Waals surface area contributed by atoms with Crippen molar-refractivity contribution >= 4 is 22.3 Å². The number of ether oxygens (including phenoxy) is 1. The first kappa shape index (κ1) is 19.9. The number of carboxylic acid groups (broad SMARTS) is 1. The van der Waals surface area contributed by atoms with Gasteiger partial charge in [-0.1, -0.05) is 0 Å². The second kappa shape index (κ2) is 7.46. The van der Waals surface area contributed by atoms with Gasteiger partial charge in [0.15, 0.2) is 0 Å². The maximum Gasteiger partial charge on any atom is 0.410 e. The molecule has 0 spiro atoms. The first-order chi connectivity index (χ1) is 11.5. The van der Waals surface area contributed by atoms with Crippen LogP contribution in [0.15, 0.2) is 0 Å². The quantitative estimate of drug-likeness (QED) is 0.771. The molecule has 1 unspecified atom stereocenters. The Morgan fingerprint density at radius 2 is 1.64 bits per heavy atom. The molecule has 0 bridgehead atoms. The van der Waals surface area contributed by atoms with E-state index in [9.17, 15) is 18.0 Å². The van der Waals surface area contributed by atoms with E-state index in [2.05, 4.69) is 0 Å². The fourth-order valence-electron chi connectivity index (χ4n) is 2.94. The van der Waals surface area contributed by atoms with Gasteiger partial charge in [0.2, 0.25) is 0 Å². The largest absolute Gasteiger partial charge is 0.481 e. The molecule has 1 atom stereocenters. The molecule has 0 saturated carbocycles. The number of piperidine rings is 1. The van der Waals surface area contributed by atoms with E-state index in [1.807, 2.05) is 0 Å². The van der Waals surface area contributed by atoms with Crippen molar-refractivity contribution in [1.29, 1.82) is 0 Å². The second-order valence-electron chi connectivity index (χ2n) is 7.41. The van der Waals surface area contributed by atoms with Crippen molar-refractivity contribution in [3.8, 4) is 0 Å². The minimum absolute atomic E-state index is 0.00392. The number of carbonyl (C=O) groups excluding carboxylic acids is 1. The average Bonchev–Trinajstić information content (AvgIpc) is 2.53. The number of amides is 1. The number of piperazine rings is 1. The van der Waals surface area contributed by atoms with Gasteiger partial charge in [0.05, 0.1) is 5.92 Å². The van der Waals surface area contributed by atoms with Gasteiger partial charge in [0, 0.05) is 39.3 Å².